The standard InChI is InChI=1S/C18H37N3O3/c1-14(15(22)23)19-10-9-11-21(16(24)17(2,3)4)13-12-20(8)18(5,6)7/h14,19H,9-13H2,1-8H3,(H,22,23)/t14-/m1/s1. The number of nitrogens with one attached hydrogen (secondary N) is 1. The molecule has 0 aromatic carbocycles. The van der Waals surface area contributed by atoms with Gasteiger partial charge in [0.1, 0.15) is 6.04 Å². The number of carboxylic acids is 1. The van der Waals surface area contributed by atoms with Crippen LogP contribution in [-0.4, -0.2) is 71.6 Å². The zero-order valence-corrected chi connectivity index (χ0v) is 16.8. The molecule has 0 aliphatic rings. The molecule has 0 fully saturated rings. The van der Waals surface area contributed by atoms with Gasteiger partial charge in [-0.25, -0.2) is 0 Å². The third-order valence-corrected chi connectivity index (χ3v) is 4.21. The lowest BCUT2D eigenvalue weighted by Gasteiger charge is -2.35. The van der Waals surface area contributed by atoms with E-state index in [1.54, 1.807) is 6.92 Å². The first-order valence-electron chi connectivity index (χ1n) is 8.73. The summed E-state index contributed by atoms with van der Waals surface area (Å²) in [5.41, 5.74) is -0.350. The number of carboxylic acid groups (broad SMARTS) is 1. The molecule has 24 heavy (non-hydrogen) atoms. The van der Waals surface area contributed by atoms with E-state index in [0.29, 0.717) is 19.6 Å². The molecule has 6 nitrogen and oxygen atoms in total. The summed E-state index contributed by atoms with van der Waals surface area (Å²) >= 11 is 0. The van der Waals surface area contributed by atoms with Crippen LogP contribution in [0.5, 0.6) is 0 Å². The third kappa shape index (κ3) is 8.64. The number of nitrogens with zero attached hydrogens (tertiary/aromatic N) is 2. The zero-order chi connectivity index (χ0) is 19.1. The van der Waals surface area contributed by atoms with Crippen molar-refractivity contribution < 1.29 is 14.7 Å². The van der Waals surface area contributed by atoms with Gasteiger partial charge in [-0.05, 0) is 47.7 Å². The number of amides is 1. The quantitative estimate of drug-likeness (QED) is 0.627. The van der Waals surface area contributed by atoms with Crippen LogP contribution in [-0.2, 0) is 9.59 Å². The summed E-state index contributed by atoms with van der Waals surface area (Å²) in [5.74, 6) is -0.722. The van der Waals surface area contributed by atoms with Gasteiger partial charge >= 0.3 is 5.97 Å². The van der Waals surface area contributed by atoms with Crippen LogP contribution < -0.4 is 5.32 Å². The first-order valence-corrected chi connectivity index (χ1v) is 8.73. The lowest BCUT2D eigenvalue weighted by atomic mass is 9.94. The molecule has 142 valence electrons. The van der Waals surface area contributed by atoms with Crippen LogP contribution in [0.15, 0.2) is 0 Å². The minimum absolute atomic E-state index is 0.0644. The first-order chi connectivity index (χ1) is 10.8. The molecular formula is C18H37N3O3. The van der Waals surface area contributed by atoms with Crippen LogP contribution in [0.25, 0.3) is 0 Å². The third-order valence-electron chi connectivity index (χ3n) is 4.21. The number of rotatable bonds is 9. The van der Waals surface area contributed by atoms with Crippen molar-refractivity contribution >= 4 is 11.9 Å². The molecule has 0 aliphatic carbocycles. The monoisotopic (exact) mass is 343 g/mol. The molecule has 6 heteroatoms. The minimum Gasteiger partial charge on any atom is -0.480 e. The second-order valence-corrected chi connectivity index (χ2v) is 8.50. The van der Waals surface area contributed by atoms with Crippen LogP contribution in [0.4, 0.5) is 0 Å². The molecule has 0 aromatic heterocycles. The summed E-state index contributed by atoms with van der Waals surface area (Å²) in [5, 5.41) is 11.8. The largest absolute Gasteiger partial charge is 0.480 e. The Kier molecular flexibility index (Phi) is 8.93. The molecular weight excluding hydrogens is 306 g/mol. The molecule has 0 rings (SSSR count). The van der Waals surface area contributed by atoms with E-state index in [1.165, 1.54) is 0 Å². The molecule has 0 unspecified atom stereocenters. The van der Waals surface area contributed by atoms with E-state index in [4.69, 9.17) is 5.11 Å². The fraction of sp³-hybridized carbons (Fsp3) is 0.889. The Morgan fingerprint density at radius 3 is 2.00 bits per heavy atom. The average Bonchev–Trinajstić information content (AvgIpc) is 2.42. The molecule has 0 bridgehead atoms. The van der Waals surface area contributed by atoms with Gasteiger partial charge in [0.2, 0.25) is 5.91 Å². The molecule has 0 radical (unpaired) electrons. The van der Waals surface area contributed by atoms with Gasteiger partial charge in [0.25, 0.3) is 0 Å². The molecule has 0 spiro atoms. The number of aliphatic carboxylic acids is 1. The Hall–Kier alpha value is -1.14. The molecule has 1 atom stereocenters. The van der Waals surface area contributed by atoms with Gasteiger partial charge in [-0.2, -0.15) is 0 Å². The first kappa shape index (κ1) is 22.9. The predicted molar refractivity (Wildman–Crippen MR) is 98.1 cm³/mol. The van der Waals surface area contributed by atoms with Gasteiger partial charge in [0, 0.05) is 30.6 Å². The second-order valence-electron chi connectivity index (χ2n) is 8.50. The number of hydrogen-bond donors (Lipinski definition) is 2. The summed E-state index contributed by atoms with van der Waals surface area (Å²) in [4.78, 5) is 27.6. The van der Waals surface area contributed by atoms with Gasteiger partial charge in [0.15, 0.2) is 0 Å². The Labute approximate surface area is 147 Å². The lowest BCUT2D eigenvalue weighted by Crippen LogP contribution is -2.47. The molecule has 0 aliphatic heterocycles. The van der Waals surface area contributed by atoms with Crippen LogP contribution in [0.2, 0.25) is 0 Å². The smallest absolute Gasteiger partial charge is 0.320 e. The highest BCUT2D eigenvalue weighted by Crippen LogP contribution is 2.18. The van der Waals surface area contributed by atoms with E-state index in [1.807, 2.05) is 25.7 Å². The summed E-state index contributed by atoms with van der Waals surface area (Å²) in [7, 11) is 2.07. The maximum absolute atomic E-state index is 12.7. The highest BCUT2D eigenvalue weighted by Gasteiger charge is 2.27. The van der Waals surface area contributed by atoms with E-state index in [-0.39, 0.29) is 11.4 Å². The van der Waals surface area contributed by atoms with Crippen molar-refractivity contribution in [2.75, 3.05) is 33.2 Å². The van der Waals surface area contributed by atoms with E-state index < -0.39 is 17.4 Å². The SMILES string of the molecule is C[C@@H](NCCCN(CCN(C)C(C)(C)C)C(=O)C(C)(C)C)C(=O)O. The van der Waals surface area contributed by atoms with E-state index in [2.05, 4.69) is 38.0 Å². The van der Waals surface area contributed by atoms with E-state index in [0.717, 1.165) is 13.0 Å². The van der Waals surface area contributed by atoms with E-state index >= 15 is 0 Å². The van der Waals surface area contributed by atoms with Gasteiger partial charge < -0.3 is 15.3 Å². The zero-order valence-electron chi connectivity index (χ0n) is 16.8. The van der Waals surface area contributed by atoms with Crippen molar-refractivity contribution in [3.63, 3.8) is 0 Å². The van der Waals surface area contributed by atoms with Crippen molar-refractivity contribution in [3.8, 4) is 0 Å². The molecule has 2 N–H and O–H groups in total. The maximum Gasteiger partial charge on any atom is 0.320 e. The average molecular weight is 344 g/mol. The normalized spacial score (nSPS) is 13.9. The fourth-order valence-electron chi connectivity index (χ4n) is 2.07. The Bertz CT molecular complexity index is 411. The second kappa shape index (κ2) is 9.37. The molecule has 0 aromatic rings. The highest BCUT2D eigenvalue weighted by atomic mass is 16.4. The lowest BCUT2D eigenvalue weighted by molar-refractivity contribution is -0.140. The van der Waals surface area contributed by atoms with Crippen molar-refractivity contribution in [3.05, 3.63) is 0 Å². The Morgan fingerprint density at radius 2 is 1.58 bits per heavy atom. The molecule has 0 saturated carbocycles. The van der Waals surface area contributed by atoms with Crippen molar-refractivity contribution in [2.45, 2.75) is 66.5 Å². The molecule has 0 saturated heterocycles. The fourth-order valence-corrected chi connectivity index (χ4v) is 2.07. The summed E-state index contributed by atoms with van der Waals surface area (Å²) in [6.07, 6.45) is 0.735. The van der Waals surface area contributed by atoms with Crippen LogP contribution in [0.1, 0.15) is 54.9 Å². The summed E-state index contributed by atoms with van der Waals surface area (Å²) in [6.45, 7) is 16.6. The van der Waals surface area contributed by atoms with Crippen LogP contribution in [0.3, 0.4) is 0 Å². The van der Waals surface area contributed by atoms with Crippen LogP contribution in [0, 0.1) is 5.41 Å². The highest BCUT2D eigenvalue weighted by molar-refractivity contribution is 5.81. The summed E-state index contributed by atoms with van der Waals surface area (Å²) in [6, 6.07) is -0.566. The van der Waals surface area contributed by atoms with Gasteiger partial charge in [-0.1, -0.05) is 20.8 Å². The molecule has 0 heterocycles. The van der Waals surface area contributed by atoms with Crippen molar-refractivity contribution in [1.29, 1.82) is 0 Å². The van der Waals surface area contributed by atoms with Crippen molar-refractivity contribution in [2.24, 2.45) is 5.41 Å². The van der Waals surface area contributed by atoms with E-state index in [9.17, 15) is 9.59 Å². The Balaban J connectivity index is 4.61. The van der Waals surface area contributed by atoms with Gasteiger partial charge in [-0.3, -0.25) is 14.5 Å². The number of carbonyl (C=O) groups is 2. The topological polar surface area (TPSA) is 72.9 Å². The molecule has 1 amide bonds. The maximum atomic E-state index is 12.7. The predicted octanol–water partition coefficient (Wildman–Crippen LogP) is 2.04. The number of hydrogen-bond acceptors (Lipinski definition) is 4. The summed E-state index contributed by atoms with van der Waals surface area (Å²) < 4.78 is 0. The number of carbonyl (C=O) groups excluding carboxylic acids is 1. The van der Waals surface area contributed by atoms with Gasteiger partial charge in [0.05, 0.1) is 0 Å². The van der Waals surface area contributed by atoms with Gasteiger partial charge in [-0.15, -0.1) is 0 Å². The minimum atomic E-state index is -0.857. The van der Waals surface area contributed by atoms with Crippen molar-refractivity contribution in [1.82, 2.24) is 15.1 Å². The number of likely N-dealkylation sites (N-methyl/N-ethyl adjacent to an activating group) is 1. The van der Waals surface area contributed by atoms with Crippen LogP contribution >= 0.6 is 0 Å². The Morgan fingerprint density at radius 1 is 1.04 bits per heavy atom.